The quantitative estimate of drug-likeness (QED) is 0.825. The molecule has 8 heteroatoms. The molecule has 1 heterocycles. The van der Waals surface area contributed by atoms with Gasteiger partial charge in [-0.2, -0.15) is 13.2 Å². The minimum absolute atomic E-state index is 0.0710. The summed E-state index contributed by atoms with van der Waals surface area (Å²) in [5, 5.41) is 2.53. The number of carbonyl (C=O) groups excluding carboxylic acids is 1. The predicted molar refractivity (Wildman–Crippen MR) is 66.0 cm³/mol. The number of aromatic nitrogens is 1. The van der Waals surface area contributed by atoms with Crippen molar-refractivity contribution in [1.29, 1.82) is 0 Å². The van der Waals surface area contributed by atoms with E-state index in [2.05, 4.69) is 10.3 Å². The summed E-state index contributed by atoms with van der Waals surface area (Å²) in [5.41, 5.74) is 4.70. The summed E-state index contributed by atoms with van der Waals surface area (Å²) < 4.78 is 41.8. The molecule has 1 rings (SSSR count). The number of pyridine rings is 1. The number of halogens is 3. The van der Waals surface area contributed by atoms with Crippen molar-refractivity contribution in [3.63, 3.8) is 0 Å². The van der Waals surface area contributed by atoms with Crippen LogP contribution in [0.4, 0.5) is 13.2 Å². The third-order valence-electron chi connectivity index (χ3n) is 2.50. The van der Waals surface area contributed by atoms with Gasteiger partial charge in [0.2, 0.25) is 0 Å². The lowest BCUT2D eigenvalue weighted by Crippen LogP contribution is -2.33. The number of nitrogens with zero attached hydrogens (tertiary/aromatic N) is 1. The van der Waals surface area contributed by atoms with Gasteiger partial charge in [-0.05, 0) is 18.6 Å². The zero-order valence-corrected chi connectivity index (χ0v) is 10.9. The molecule has 1 unspecified atom stereocenters. The lowest BCUT2D eigenvalue weighted by molar-refractivity contribution is -0.137. The minimum Gasteiger partial charge on any atom is -0.383 e. The molecule has 0 saturated carbocycles. The third kappa shape index (κ3) is 5.14. The lowest BCUT2D eigenvalue weighted by atomic mass is 10.2. The van der Waals surface area contributed by atoms with Gasteiger partial charge in [0, 0.05) is 25.9 Å². The highest BCUT2D eigenvalue weighted by molar-refractivity contribution is 5.92. The van der Waals surface area contributed by atoms with Crippen LogP contribution in [-0.4, -0.2) is 37.2 Å². The van der Waals surface area contributed by atoms with Gasteiger partial charge in [-0.25, -0.2) is 0 Å². The second-order valence-corrected chi connectivity index (χ2v) is 4.19. The van der Waals surface area contributed by atoms with Crippen molar-refractivity contribution < 1.29 is 22.7 Å². The van der Waals surface area contributed by atoms with E-state index in [1.165, 1.54) is 7.11 Å². The maximum absolute atomic E-state index is 12.3. The van der Waals surface area contributed by atoms with E-state index < -0.39 is 17.6 Å². The SMILES string of the molecule is COCC(N)CCNC(=O)c1ccc(C(F)(F)F)cn1. The summed E-state index contributed by atoms with van der Waals surface area (Å²) >= 11 is 0. The molecule has 0 spiro atoms. The molecule has 1 amide bonds. The second-order valence-electron chi connectivity index (χ2n) is 4.19. The van der Waals surface area contributed by atoms with E-state index in [0.717, 1.165) is 12.1 Å². The fraction of sp³-hybridized carbons (Fsp3) is 0.500. The van der Waals surface area contributed by atoms with Crippen LogP contribution < -0.4 is 11.1 Å². The number of alkyl halides is 3. The van der Waals surface area contributed by atoms with Crippen molar-refractivity contribution in [1.82, 2.24) is 10.3 Å². The zero-order chi connectivity index (χ0) is 15.2. The van der Waals surface area contributed by atoms with Crippen LogP contribution >= 0.6 is 0 Å². The van der Waals surface area contributed by atoms with E-state index in [1.807, 2.05) is 0 Å². The van der Waals surface area contributed by atoms with E-state index in [0.29, 0.717) is 25.8 Å². The Balaban J connectivity index is 2.48. The Hall–Kier alpha value is -1.67. The highest BCUT2D eigenvalue weighted by atomic mass is 19.4. The molecule has 0 bridgehead atoms. The molecule has 1 aromatic rings. The summed E-state index contributed by atoms with van der Waals surface area (Å²) in [6.07, 6.45) is -3.33. The Morgan fingerprint density at radius 1 is 1.50 bits per heavy atom. The molecule has 0 radical (unpaired) electrons. The van der Waals surface area contributed by atoms with E-state index in [1.54, 1.807) is 0 Å². The molecular formula is C12H16F3N3O2. The lowest BCUT2D eigenvalue weighted by Gasteiger charge is -2.11. The van der Waals surface area contributed by atoms with Crippen LogP contribution in [0.3, 0.4) is 0 Å². The van der Waals surface area contributed by atoms with Crippen molar-refractivity contribution in [2.24, 2.45) is 5.73 Å². The second kappa shape index (κ2) is 7.20. The van der Waals surface area contributed by atoms with Crippen LogP contribution in [0, 0.1) is 0 Å². The Morgan fingerprint density at radius 3 is 2.70 bits per heavy atom. The largest absolute Gasteiger partial charge is 0.417 e. The Kier molecular flexibility index (Phi) is 5.90. The monoisotopic (exact) mass is 291 g/mol. The first-order chi connectivity index (χ1) is 9.34. The number of hydrogen-bond acceptors (Lipinski definition) is 4. The first kappa shape index (κ1) is 16.4. The first-order valence-corrected chi connectivity index (χ1v) is 5.90. The molecule has 5 nitrogen and oxygen atoms in total. The zero-order valence-electron chi connectivity index (χ0n) is 10.9. The van der Waals surface area contributed by atoms with Crippen molar-refractivity contribution in [3.05, 3.63) is 29.6 Å². The van der Waals surface area contributed by atoms with E-state index in [4.69, 9.17) is 10.5 Å². The van der Waals surface area contributed by atoms with Gasteiger partial charge in [0.25, 0.3) is 5.91 Å². The number of ether oxygens (including phenoxy) is 1. The van der Waals surface area contributed by atoms with Crippen molar-refractivity contribution in [3.8, 4) is 0 Å². The highest BCUT2D eigenvalue weighted by Crippen LogP contribution is 2.28. The van der Waals surface area contributed by atoms with Gasteiger partial charge in [-0.15, -0.1) is 0 Å². The summed E-state index contributed by atoms with van der Waals surface area (Å²) in [7, 11) is 1.52. The standard InChI is InChI=1S/C12H16F3N3O2/c1-20-7-9(16)4-5-17-11(19)10-3-2-8(6-18-10)12(13,14)15/h2-3,6,9H,4-5,7,16H2,1H3,(H,17,19). The molecule has 0 aliphatic rings. The molecule has 0 aromatic carbocycles. The first-order valence-electron chi connectivity index (χ1n) is 5.90. The molecule has 0 aliphatic heterocycles. The van der Waals surface area contributed by atoms with Gasteiger partial charge in [0.1, 0.15) is 5.69 Å². The third-order valence-corrected chi connectivity index (χ3v) is 2.50. The summed E-state index contributed by atoms with van der Waals surface area (Å²) in [4.78, 5) is 15.1. The predicted octanol–water partition coefficient (Wildman–Crippen LogP) is 1.19. The van der Waals surface area contributed by atoms with Gasteiger partial charge >= 0.3 is 6.18 Å². The van der Waals surface area contributed by atoms with Gasteiger partial charge in [-0.1, -0.05) is 0 Å². The van der Waals surface area contributed by atoms with Gasteiger partial charge < -0.3 is 15.8 Å². The maximum Gasteiger partial charge on any atom is 0.417 e. The number of amides is 1. The molecule has 0 fully saturated rings. The van der Waals surface area contributed by atoms with Crippen LogP contribution in [0.2, 0.25) is 0 Å². The molecule has 20 heavy (non-hydrogen) atoms. The van der Waals surface area contributed by atoms with Gasteiger partial charge in [0.05, 0.1) is 12.2 Å². The average Bonchev–Trinajstić information content (AvgIpc) is 2.38. The van der Waals surface area contributed by atoms with E-state index >= 15 is 0 Å². The molecule has 0 saturated heterocycles. The van der Waals surface area contributed by atoms with Crippen LogP contribution in [0.15, 0.2) is 18.3 Å². The number of carbonyl (C=O) groups is 1. The van der Waals surface area contributed by atoms with Crippen LogP contribution in [0.25, 0.3) is 0 Å². The summed E-state index contributed by atoms with van der Waals surface area (Å²) in [6, 6.07) is 1.65. The van der Waals surface area contributed by atoms with Crippen LogP contribution in [-0.2, 0) is 10.9 Å². The number of hydrogen-bond donors (Lipinski definition) is 2. The highest BCUT2D eigenvalue weighted by Gasteiger charge is 2.30. The number of nitrogens with two attached hydrogens (primary N) is 1. The number of methoxy groups -OCH3 is 1. The Bertz CT molecular complexity index is 435. The maximum atomic E-state index is 12.3. The van der Waals surface area contributed by atoms with Crippen LogP contribution in [0.5, 0.6) is 0 Å². The van der Waals surface area contributed by atoms with Crippen molar-refractivity contribution >= 4 is 5.91 Å². The van der Waals surface area contributed by atoms with Crippen molar-refractivity contribution in [2.45, 2.75) is 18.6 Å². The number of nitrogens with one attached hydrogen (secondary N) is 1. The smallest absolute Gasteiger partial charge is 0.383 e. The Morgan fingerprint density at radius 2 is 2.20 bits per heavy atom. The van der Waals surface area contributed by atoms with Crippen molar-refractivity contribution in [2.75, 3.05) is 20.3 Å². The molecule has 3 N–H and O–H groups in total. The molecule has 0 aliphatic carbocycles. The fourth-order valence-electron chi connectivity index (χ4n) is 1.45. The van der Waals surface area contributed by atoms with Crippen LogP contribution in [0.1, 0.15) is 22.5 Å². The van der Waals surface area contributed by atoms with E-state index in [9.17, 15) is 18.0 Å². The summed E-state index contributed by atoms with van der Waals surface area (Å²) in [6.45, 7) is 0.667. The topological polar surface area (TPSA) is 77.2 Å². The molecule has 1 aromatic heterocycles. The molecule has 1 atom stereocenters. The normalized spacial score (nSPS) is 13.1. The molecule has 112 valence electrons. The van der Waals surface area contributed by atoms with Gasteiger partial charge in [0.15, 0.2) is 0 Å². The number of rotatable bonds is 6. The Labute approximate surface area is 114 Å². The minimum atomic E-state index is -4.46. The average molecular weight is 291 g/mol. The van der Waals surface area contributed by atoms with E-state index in [-0.39, 0.29) is 11.7 Å². The van der Waals surface area contributed by atoms with Gasteiger partial charge in [-0.3, -0.25) is 9.78 Å². The fourth-order valence-corrected chi connectivity index (χ4v) is 1.45. The molecular weight excluding hydrogens is 275 g/mol. The summed E-state index contributed by atoms with van der Waals surface area (Å²) in [5.74, 6) is -0.539.